The van der Waals surface area contributed by atoms with Crippen molar-refractivity contribution in [2.24, 2.45) is 23.7 Å². The summed E-state index contributed by atoms with van der Waals surface area (Å²) in [7, 11) is 1.41. The third-order valence-electron chi connectivity index (χ3n) is 7.03. The Labute approximate surface area is 163 Å². The van der Waals surface area contributed by atoms with Crippen molar-refractivity contribution in [2.75, 3.05) is 36.5 Å². The van der Waals surface area contributed by atoms with Crippen molar-refractivity contribution in [1.82, 2.24) is 9.97 Å². The smallest absolute Gasteiger partial charge is 0.305 e. The first kappa shape index (κ1) is 18.1. The van der Waals surface area contributed by atoms with E-state index in [-0.39, 0.29) is 17.7 Å². The van der Waals surface area contributed by atoms with E-state index in [9.17, 15) is 13.6 Å². The molecule has 0 N–H and O–H groups in total. The van der Waals surface area contributed by atoms with Gasteiger partial charge in [-0.1, -0.05) is 0 Å². The molecular weight excluding hydrogens is 366 g/mol. The molecule has 28 heavy (non-hydrogen) atoms. The normalized spacial score (nSPS) is 31.4. The number of hydrogen-bond donors (Lipinski definition) is 0. The van der Waals surface area contributed by atoms with Gasteiger partial charge in [-0.3, -0.25) is 4.79 Å². The summed E-state index contributed by atoms with van der Waals surface area (Å²) in [5.74, 6) is -1.42. The van der Waals surface area contributed by atoms with Gasteiger partial charge in [-0.15, -0.1) is 0 Å². The number of methoxy groups -OCH3 is 1. The highest BCUT2D eigenvalue weighted by molar-refractivity contribution is 5.70. The van der Waals surface area contributed by atoms with Crippen LogP contribution in [-0.4, -0.2) is 48.7 Å². The van der Waals surface area contributed by atoms with Gasteiger partial charge in [-0.05, 0) is 43.9 Å². The van der Waals surface area contributed by atoms with Gasteiger partial charge in [0.2, 0.25) is 5.95 Å². The lowest BCUT2D eigenvalue weighted by Gasteiger charge is -2.39. The van der Waals surface area contributed by atoms with E-state index in [0.29, 0.717) is 48.8 Å². The molecule has 2 aliphatic carbocycles. The molecule has 1 aromatic heterocycles. The number of aromatic nitrogens is 2. The van der Waals surface area contributed by atoms with Crippen molar-refractivity contribution in [1.29, 1.82) is 0 Å². The van der Waals surface area contributed by atoms with Crippen LogP contribution >= 0.6 is 0 Å². The Bertz CT molecular complexity index is 788. The van der Waals surface area contributed by atoms with E-state index in [2.05, 4.69) is 21.8 Å². The van der Waals surface area contributed by atoms with Crippen LogP contribution < -0.4 is 9.80 Å². The summed E-state index contributed by atoms with van der Waals surface area (Å²) in [5.41, 5.74) is -0.138. The molecule has 4 aliphatic rings. The number of nitrogens with zero attached hydrogens (tertiary/aromatic N) is 4. The number of fused-ring (bicyclic) bond motifs is 1. The number of halogens is 2. The third-order valence-corrected chi connectivity index (χ3v) is 7.03. The molecule has 4 atom stereocenters. The Kier molecular flexibility index (Phi) is 4.04. The molecule has 0 amide bonds. The Hall–Kier alpha value is -1.99. The topological polar surface area (TPSA) is 58.6 Å². The number of carbonyl (C=O) groups is 1. The van der Waals surface area contributed by atoms with Gasteiger partial charge in [0, 0.05) is 44.1 Å². The van der Waals surface area contributed by atoms with E-state index in [1.807, 2.05) is 4.90 Å². The molecule has 0 radical (unpaired) electrons. The molecule has 0 bridgehead atoms. The maximum absolute atomic E-state index is 14.8. The van der Waals surface area contributed by atoms with Crippen LogP contribution in [0.3, 0.4) is 0 Å². The minimum absolute atomic E-state index is 0.138. The number of esters is 1. The van der Waals surface area contributed by atoms with Crippen molar-refractivity contribution in [3.05, 3.63) is 11.8 Å². The minimum atomic E-state index is -2.89. The van der Waals surface area contributed by atoms with Gasteiger partial charge in [0.05, 0.1) is 7.11 Å². The van der Waals surface area contributed by atoms with E-state index in [1.54, 1.807) is 0 Å². The maximum atomic E-state index is 14.8. The second kappa shape index (κ2) is 6.26. The number of alkyl halides is 2. The lowest BCUT2D eigenvalue weighted by molar-refractivity contribution is -0.141. The fourth-order valence-corrected chi connectivity index (χ4v) is 4.77. The zero-order valence-electron chi connectivity index (χ0n) is 16.3. The number of piperidine rings is 1. The summed E-state index contributed by atoms with van der Waals surface area (Å²) < 4.78 is 34.4. The highest BCUT2D eigenvalue weighted by Gasteiger charge is 2.57. The van der Waals surface area contributed by atoms with E-state index in [1.165, 1.54) is 13.2 Å². The molecule has 4 fully saturated rings. The molecule has 1 aromatic rings. The predicted molar refractivity (Wildman–Crippen MR) is 99.4 cm³/mol. The number of hydrogen-bond acceptors (Lipinski definition) is 6. The minimum Gasteiger partial charge on any atom is -0.469 e. The quantitative estimate of drug-likeness (QED) is 0.694. The largest absolute Gasteiger partial charge is 0.469 e. The van der Waals surface area contributed by atoms with Gasteiger partial charge in [-0.2, -0.15) is 13.8 Å². The first-order valence-corrected chi connectivity index (χ1v) is 10.2. The van der Waals surface area contributed by atoms with E-state index in [4.69, 9.17) is 4.74 Å². The zero-order valence-corrected chi connectivity index (χ0v) is 16.3. The Morgan fingerprint density at radius 1 is 1.25 bits per heavy atom. The van der Waals surface area contributed by atoms with Gasteiger partial charge < -0.3 is 14.5 Å². The summed E-state index contributed by atoms with van der Waals surface area (Å²) in [6.45, 7) is 4.39. The number of anilines is 2. The first-order chi connectivity index (χ1) is 13.4. The summed E-state index contributed by atoms with van der Waals surface area (Å²) in [4.78, 5) is 24.5. The van der Waals surface area contributed by atoms with Crippen LogP contribution in [0.1, 0.15) is 38.3 Å². The third kappa shape index (κ3) is 2.92. The number of ether oxygens (including phenoxy) is 1. The molecule has 0 aromatic carbocycles. The predicted octanol–water partition coefficient (Wildman–Crippen LogP) is 2.82. The SMILES string of the molecule is COC(=O)CC1[C@H]2CN(c3cc(C(F)(F)C4CC4)nc(N4CC[C@@H]4C)n3)C[C@@H]12. The van der Waals surface area contributed by atoms with Crippen LogP contribution in [0.5, 0.6) is 0 Å². The molecule has 1 unspecified atom stereocenters. The second-order valence-electron chi connectivity index (χ2n) is 8.82. The Morgan fingerprint density at radius 2 is 1.96 bits per heavy atom. The van der Waals surface area contributed by atoms with Crippen molar-refractivity contribution in [3.63, 3.8) is 0 Å². The lowest BCUT2D eigenvalue weighted by atomic mass is 10.1. The molecule has 2 saturated carbocycles. The van der Waals surface area contributed by atoms with Crippen LogP contribution in [0.25, 0.3) is 0 Å². The molecular formula is C20H26F2N4O2. The molecule has 2 aliphatic heterocycles. The first-order valence-electron chi connectivity index (χ1n) is 10.2. The fourth-order valence-electron chi connectivity index (χ4n) is 4.77. The van der Waals surface area contributed by atoms with Crippen LogP contribution in [0.2, 0.25) is 0 Å². The van der Waals surface area contributed by atoms with Gasteiger partial charge in [0.25, 0.3) is 5.92 Å². The average Bonchev–Trinajstić information content (AvgIpc) is 3.58. The van der Waals surface area contributed by atoms with E-state index in [0.717, 1.165) is 26.1 Å². The monoisotopic (exact) mass is 392 g/mol. The molecule has 152 valence electrons. The fraction of sp³-hybridized carbons (Fsp3) is 0.750. The van der Waals surface area contributed by atoms with Crippen LogP contribution in [-0.2, 0) is 15.5 Å². The number of carbonyl (C=O) groups excluding carboxylic acids is 1. The summed E-state index contributed by atoms with van der Waals surface area (Å²) in [6.07, 6.45) is 2.60. The molecule has 8 heteroatoms. The van der Waals surface area contributed by atoms with Crippen LogP contribution in [0.4, 0.5) is 20.5 Å². The van der Waals surface area contributed by atoms with Gasteiger partial charge in [-0.25, -0.2) is 4.98 Å². The second-order valence-corrected chi connectivity index (χ2v) is 8.82. The Morgan fingerprint density at radius 3 is 2.50 bits per heavy atom. The van der Waals surface area contributed by atoms with Gasteiger partial charge in [0.15, 0.2) is 0 Å². The highest BCUT2D eigenvalue weighted by atomic mass is 19.3. The van der Waals surface area contributed by atoms with Gasteiger partial charge >= 0.3 is 5.97 Å². The maximum Gasteiger partial charge on any atom is 0.305 e. The summed E-state index contributed by atoms with van der Waals surface area (Å²) >= 11 is 0. The summed E-state index contributed by atoms with van der Waals surface area (Å²) in [5, 5.41) is 0. The van der Waals surface area contributed by atoms with E-state index < -0.39 is 11.8 Å². The molecule has 6 nitrogen and oxygen atoms in total. The molecule has 2 saturated heterocycles. The van der Waals surface area contributed by atoms with Crippen molar-refractivity contribution in [3.8, 4) is 0 Å². The summed E-state index contributed by atoms with van der Waals surface area (Å²) in [6, 6.07) is 1.78. The lowest BCUT2D eigenvalue weighted by Crippen LogP contribution is -2.47. The molecule has 5 rings (SSSR count). The van der Waals surface area contributed by atoms with Crippen molar-refractivity contribution in [2.45, 2.75) is 44.6 Å². The number of rotatable bonds is 6. The zero-order chi connectivity index (χ0) is 19.6. The van der Waals surface area contributed by atoms with Crippen LogP contribution in [0.15, 0.2) is 6.07 Å². The highest BCUT2D eigenvalue weighted by Crippen LogP contribution is 2.55. The van der Waals surface area contributed by atoms with Crippen molar-refractivity contribution >= 4 is 17.7 Å². The van der Waals surface area contributed by atoms with Gasteiger partial charge in [0.1, 0.15) is 11.5 Å². The van der Waals surface area contributed by atoms with Crippen molar-refractivity contribution < 1.29 is 18.3 Å². The molecule has 0 spiro atoms. The average molecular weight is 392 g/mol. The van der Waals surface area contributed by atoms with E-state index >= 15 is 0 Å². The Balaban J connectivity index is 1.38. The standard InChI is InChI=1S/C20H26F2N4O2/c1-11-5-6-26(11)19-23-16(20(21,22)12-3-4-12)8-17(24-19)25-9-14-13(15(14)10-25)7-18(27)28-2/h8,11-15H,3-7,9-10H2,1-2H3/t11-,13?,14-,15+/m0/s1. The van der Waals surface area contributed by atoms with Crippen LogP contribution in [0, 0.1) is 23.7 Å². The molecule has 3 heterocycles.